The fourth-order valence-electron chi connectivity index (χ4n) is 1.44. The predicted molar refractivity (Wildman–Crippen MR) is 83.2 cm³/mol. The molecule has 21 heavy (non-hydrogen) atoms. The molecule has 1 aromatic rings. The van der Waals surface area contributed by atoms with Gasteiger partial charge in [0.05, 0.1) is 14.2 Å². The molecule has 0 aliphatic heterocycles. The summed E-state index contributed by atoms with van der Waals surface area (Å²) in [6.07, 6.45) is 3.17. The summed E-state index contributed by atoms with van der Waals surface area (Å²) >= 11 is 1.27. The number of thioether (sulfide) groups is 1. The number of hydrogen-bond donors (Lipinski definition) is 1. The second-order valence-corrected chi connectivity index (χ2v) is 4.68. The molecular weight excluding hydrogens is 292 g/mol. The van der Waals surface area contributed by atoms with Crippen LogP contribution < -0.4 is 5.32 Å². The third kappa shape index (κ3) is 5.42. The number of anilines is 1. The van der Waals surface area contributed by atoms with Gasteiger partial charge in [0.25, 0.3) is 5.23 Å². The Morgan fingerprint density at radius 1 is 1.29 bits per heavy atom. The summed E-state index contributed by atoms with van der Waals surface area (Å²) in [7, 11) is 2.76. The SMILES string of the molecule is COC(=O)/C(=C/Nc1nc(C)cc(C)n1)N=C(OC)SC. The van der Waals surface area contributed by atoms with Crippen molar-refractivity contribution in [3.8, 4) is 0 Å². The minimum atomic E-state index is -0.588. The Kier molecular flexibility index (Phi) is 6.67. The lowest BCUT2D eigenvalue weighted by Crippen LogP contribution is -2.09. The summed E-state index contributed by atoms with van der Waals surface area (Å²) in [5.74, 6) is -0.206. The minimum Gasteiger partial charge on any atom is -0.476 e. The Morgan fingerprint density at radius 2 is 1.90 bits per heavy atom. The number of ether oxygens (including phenoxy) is 2. The number of hydrogen-bond acceptors (Lipinski definition) is 8. The molecule has 0 unspecified atom stereocenters. The second-order valence-electron chi connectivity index (χ2n) is 3.93. The van der Waals surface area contributed by atoms with Crippen molar-refractivity contribution in [3.05, 3.63) is 29.4 Å². The number of nitrogens with zero attached hydrogens (tertiary/aromatic N) is 3. The summed E-state index contributed by atoms with van der Waals surface area (Å²) in [5.41, 5.74) is 1.71. The molecule has 0 amide bonds. The molecule has 0 aliphatic rings. The van der Waals surface area contributed by atoms with Gasteiger partial charge in [0.2, 0.25) is 5.95 Å². The van der Waals surface area contributed by atoms with Crippen LogP contribution in [0.25, 0.3) is 0 Å². The van der Waals surface area contributed by atoms with Gasteiger partial charge in [-0.3, -0.25) is 0 Å². The maximum atomic E-state index is 11.7. The number of aliphatic imine (C=N–C) groups is 1. The summed E-state index contributed by atoms with van der Waals surface area (Å²) in [6, 6.07) is 1.85. The van der Waals surface area contributed by atoms with Crippen molar-refractivity contribution in [3.63, 3.8) is 0 Å². The Bertz CT molecular complexity index is 546. The Labute approximate surface area is 127 Å². The number of carbonyl (C=O) groups excluding carboxylic acids is 1. The number of esters is 1. The summed E-state index contributed by atoms with van der Waals surface area (Å²) in [4.78, 5) is 24.2. The zero-order chi connectivity index (χ0) is 15.8. The van der Waals surface area contributed by atoms with Crippen molar-refractivity contribution in [2.75, 3.05) is 25.8 Å². The van der Waals surface area contributed by atoms with Crippen LogP contribution in [0.1, 0.15) is 11.4 Å². The molecule has 0 fully saturated rings. The second kappa shape index (κ2) is 8.25. The Hall–Kier alpha value is -2.09. The molecule has 0 radical (unpaired) electrons. The van der Waals surface area contributed by atoms with E-state index in [0.717, 1.165) is 11.4 Å². The van der Waals surface area contributed by atoms with Crippen LogP contribution in [0, 0.1) is 13.8 Å². The predicted octanol–water partition coefficient (Wildman–Crippen LogP) is 1.89. The molecule has 114 valence electrons. The first-order valence-electron chi connectivity index (χ1n) is 6.04. The van der Waals surface area contributed by atoms with Crippen LogP contribution in [0.2, 0.25) is 0 Å². The molecular formula is C13H18N4O3S. The van der Waals surface area contributed by atoms with E-state index in [1.807, 2.05) is 19.9 Å². The van der Waals surface area contributed by atoms with Gasteiger partial charge in [-0.15, -0.1) is 0 Å². The molecule has 0 saturated heterocycles. The summed E-state index contributed by atoms with van der Waals surface area (Å²) in [6.45, 7) is 3.72. The van der Waals surface area contributed by atoms with E-state index < -0.39 is 5.97 Å². The number of rotatable bonds is 4. The fourth-order valence-corrected chi connectivity index (χ4v) is 1.79. The highest BCUT2D eigenvalue weighted by atomic mass is 32.2. The highest BCUT2D eigenvalue weighted by Gasteiger charge is 2.11. The topological polar surface area (TPSA) is 85.7 Å². The van der Waals surface area contributed by atoms with Crippen LogP contribution in [0.15, 0.2) is 23.0 Å². The van der Waals surface area contributed by atoms with Gasteiger partial charge >= 0.3 is 5.97 Å². The molecule has 0 spiro atoms. The Morgan fingerprint density at radius 3 is 2.38 bits per heavy atom. The molecule has 1 rings (SSSR count). The lowest BCUT2D eigenvalue weighted by atomic mass is 10.4. The lowest BCUT2D eigenvalue weighted by molar-refractivity contribution is -0.136. The average molecular weight is 310 g/mol. The van der Waals surface area contributed by atoms with Gasteiger partial charge in [-0.2, -0.15) is 4.99 Å². The largest absolute Gasteiger partial charge is 0.476 e. The van der Waals surface area contributed by atoms with E-state index in [9.17, 15) is 4.79 Å². The number of aryl methyl sites for hydroxylation is 2. The zero-order valence-corrected chi connectivity index (χ0v) is 13.4. The molecule has 0 aromatic carbocycles. The fraction of sp³-hybridized carbons (Fsp3) is 0.385. The smallest absolute Gasteiger partial charge is 0.358 e. The van der Waals surface area contributed by atoms with Gasteiger partial charge in [0, 0.05) is 17.6 Å². The van der Waals surface area contributed by atoms with Crippen molar-refractivity contribution in [1.29, 1.82) is 0 Å². The molecule has 1 N–H and O–H groups in total. The van der Waals surface area contributed by atoms with Gasteiger partial charge < -0.3 is 14.8 Å². The molecule has 8 heteroatoms. The first-order chi connectivity index (χ1) is 9.99. The maximum Gasteiger partial charge on any atom is 0.358 e. The van der Waals surface area contributed by atoms with Crippen LogP contribution in [0.5, 0.6) is 0 Å². The standard InChI is InChI=1S/C13H18N4O3S/c1-8-6-9(2)16-12(15-8)14-7-10(11(18)19-3)17-13(20-4)21-5/h6-7H,1-5H3,(H,14,15,16)/b10-7-,17-13?. The van der Waals surface area contributed by atoms with Gasteiger partial charge in [0.15, 0.2) is 5.70 Å². The van der Waals surface area contributed by atoms with Crippen molar-refractivity contribution < 1.29 is 14.3 Å². The number of carbonyl (C=O) groups is 1. The van der Waals surface area contributed by atoms with Crippen molar-refractivity contribution in [2.45, 2.75) is 13.8 Å². The van der Waals surface area contributed by atoms with E-state index in [1.165, 1.54) is 32.2 Å². The van der Waals surface area contributed by atoms with E-state index >= 15 is 0 Å². The summed E-state index contributed by atoms with van der Waals surface area (Å²) < 4.78 is 9.70. The molecule has 7 nitrogen and oxygen atoms in total. The van der Waals surface area contributed by atoms with Gasteiger partial charge in [-0.25, -0.2) is 14.8 Å². The van der Waals surface area contributed by atoms with Crippen LogP contribution in [0.4, 0.5) is 5.95 Å². The minimum absolute atomic E-state index is 0.0615. The highest BCUT2D eigenvalue weighted by molar-refractivity contribution is 8.12. The third-order valence-corrected chi connectivity index (χ3v) is 2.88. The molecule has 1 aromatic heterocycles. The molecule has 0 bridgehead atoms. The van der Waals surface area contributed by atoms with E-state index in [2.05, 4.69) is 25.0 Å². The van der Waals surface area contributed by atoms with Crippen molar-refractivity contribution in [2.24, 2.45) is 4.99 Å². The normalized spacial score (nSPS) is 12.0. The summed E-state index contributed by atoms with van der Waals surface area (Å²) in [5, 5.41) is 3.18. The monoisotopic (exact) mass is 310 g/mol. The number of aromatic nitrogens is 2. The molecule has 1 heterocycles. The van der Waals surface area contributed by atoms with E-state index in [1.54, 1.807) is 6.26 Å². The maximum absolute atomic E-state index is 11.7. The van der Waals surface area contributed by atoms with Crippen molar-refractivity contribution in [1.82, 2.24) is 9.97 Å². The van der Waals surface area contributed by atoms with Gasteiger partial charge in [-0.05, 0) is 26.2 Å². The van der Waals surface area contributed by atoms with E-state index in [4.69, 9.17) is 4.74 Å². The molecule has 0 aliphatic carbocycles. The average Bonchev–Trinajstić information content (AvgIpc) is 2.46. The third-order valence-electron chi connectivity index (χ3n) is 2.28. The van der Waals surface area contributed by atoms with Crippen LogP contribution in [-0.2, 0) is 14.3 Å². The van der Waals surface area contributed by atoms with Gasteiger partial charge in [0.1, 0.15) is 0 Å². The van der Waals surface area contributed by atoms with Crippen molar-refractivity contribution >= 4 is 28.9 Å². The van der Waals surface area contributed by atoms with Crippen LogP contribution in [-0.4, -0.2) is 41.6 Å². The number of methoxy groups -OCH3 is 2. The van der Waals surface area contributed by atoms with E-state index in [0.29, 0.717) is 11.2 Å². The molecule has 0 saturated carbocycles. The number of nitrogens with one attached hydrogen (secondary N) is 1. The van der Waals surface area contributed by atoms with Crippen LogP contribution in [0.3, 0.4) is 0 Å². The Balaban J connectivity index is 3.03. The quantitative estimate of drug-likeness (QED) is 0.393. The van der Waals surface area contributed by atoms with E-state index in [-0.39, 0.29) is 5.70 Å². The lowest BCUT2D eigenvalue weighted by Gasteiger charge is -2.05. The van der Waals surface area contributed by atoms with Gasteiger partial charge in [-0.1, -0.05) is 11.8 Å². The first-order valence-corrected chi connectivity index (χ1v) is 7.26. The first kappa shape index (κ1) is 17.0. The van der Waals surface area contributed by atoms with Crippen LogP contribution >= 0.6 is 11.8 Å². The zero-order valence-electron chi connectivity index (χ0n) is 12.6. The molecule has 0 atom stereocenters. The highest BCUT2D eigenvalue weighted by Crippen LogP contribution is 2.09.